The van der Waals surface area contributed by atoms with Crippen LogP contribution in [0.1, 0.15) is 63.5 Å². The van der Waals surface area contributed by atoms with Gasteiger partial charge in [-0.15, -0.1) is 0 Å². The lowest BCUT2D eigenvalue weighted by atomic mass is 10.0. The van der Waals surface area contributed by atoms with E-state index in [1.54, 1.807) is 0 Å². The molecule has 1 aliphatic rings. The van der Waals surface area contributed by atoms with Gasteiger partial charge in [0.15, 0.2) is 5.78 Å². The highest BCUT2D eigenvalue weighted by atomic mass is 16.6. The Kier molecular flexibility index (Phi) is 5.59. The average Bonchev–Trinajstić information content (AvgIpc) is 3.24. The summed E-state index contributed by atoms with van der Waals surface area (Å²) in [4.78, 5) is 12.0. The zero-order valence-electron chi connectivity index (χ0n) is 11.8. The van der Waals surface area contributed by atoms with Gasteiger partial charge in [-0.3, -0.25) is 4.79 Å². The number of ether oxygens (including phenoxy) is 1. The predicted octanol–water partition coefficient (Wildman–Crippen LogP) is 4.45. The Morgan fingerprint density at radius 1 is 1.05 bits per heavy atom. The van der Waals surface area contributed by atoms with E-state index in [4.69, 9.17) is 4.74 Å². The standard InChI is InChI=1S/C17H24O2/c1-2-3-4-5-6-10-13-15(18)17-16(19-17)14-11-8-7-9-12-14/h7-9,11-12,16-17H,2-6,10,13H2,1H3/t16-,17-/m0/s1. The maximum atomic E-state index is 12.0. The summed E-state index contributed by atoms with van der Waals surface area (Å²) in [5.74, 6) is 0.282. The number of hydrogen-bond acceptors (Lipinski definition) is 2. The van der Waals surface area contributed by atoms with E-state index in [0.717, 1.165) is 12.0 Å². The van der Waals surface area contributed by atoms with Crippen molar-refractivity contribution in [2.75, 3.05) is 0 Å². The van der Waals surface area contributed by atoms with Gasteiger partial charge in [0.25, 0.3) is 0 Å². The summed E-state index contributed by atoms with van der Waals surface area (Å²) < 4.78 is 5.51. The first kappa shape index (κ1) is 14.3. The molecule has 1 aliphatic heterocycles. The summed E-state index contributed by atoms with van der Waals surface area (Å²) in [6, 6.07) is 10.0. The molecule has 2 nitrogen and oxygen atoms in total. The van der Waals surface area contributed by atoms with Crippen LogP contribution >= 0.6 is 0 Å². The summed E-state index contributed by atoms with van der Waals surface area (Å²) in [6.07, 6.45) is 7.88. The second-order valence-corrected chi connectivity index (χ2v) is 5.37. The monoisotopic (exact) mass is 260 g/mol. The first-order chi connectivity index (χ1) is 9.33. The second-order valence-electron chi connectivity index (χ2n) is 5.37. The number of benzene rings is 1. The number of epoxide rings is 1. The Hall–Kier alpha value is -1.15. The van der Waals surface area contributed by atoms with Gasteiger partial charge in [-0.25, -0.2) is 0 Å². The van der Waals surface area contributed by atoms with Crippen LogP contribution in [-0.4, -0.2) is 11.9 Å². The SMILES string of the molecule is CCCCCCCCC(=O)[C@@H]1O[C@H]1c1ccccc1. The molecule has 1 saturated heterocycles. The number of carbonyl (C=O) groups is 1. The van der Waals surface area contributed by atoms with E-state index in [9.17, 15) is 4.79 Å². The summed E-state index contributed by atoms with van der Waals surface area (Å²) in [5.41, 5.74) is 1.13. The number of ketones is 1. The van der Waals surface area contributed by atoms with Crippen LogP contribution in [0.3, 0.4) is 0 Å². The van der Waals surface area contributed by atoms with Crippen LogP contribution < -0.4 is 0 Å². The van der Waals surface area contributed by atoms with Gasteiger partial charge in [0, 0.05) is 6.42 Å². The van der Waals surface area contributed by atoms with Gasteiger partial charge in [-0.05, 0) is 12.0 Å². The van der Waals surface area contributed by atoms with E-state index < -0.39 is 0 Å². The van der Waals surface area contributed by atoms with E-state index >= 15 is 0 Å². The van der Waals surface area contributed by atoms with Gasteiger partial charge in [0.2, 0.25) is 0 Å². The van der Waals surface area contributed by atoms with Gasteiger partial charge < -0.3 is 4.74 Å². The molecule has 0 saturated carbocycles. The quantitative estimate of drug-likeness (QED) is 0.485. The van der Waals surface area contributed by atoms with E-state index in [1.807, 2.05) is 30.3 Å². The Morgan fingerprint density at radius 3 is 2.47 bits per heavy atom. The molecular formula is C17H24O2. The lowest BCUT2D eigenvalue weighted by Gasteiger charge is -1.99. The predicted molar refractivity (Wildman–Crippen MR) is 77.1 cm³/mol. The molecule has 0 bridgehead atoms. The maximum Gasteiger partial charge on any atom is 0.164 e. The molecule has 1 aromatic rings. The highest BCUT2D eigenvalue weighted by molar-refractivity contribution is 5.86. The van der Waals surface area contributed by atoms with Gasteiger partial charge in [-0.1, -0.05) is 69.4 Å². The molecule has 2 heteroatoms. The minimum absolute atomic E-state index is 0.0220. The molecule has 1 aromatic carbocycles. The zero-order chi connectivity index (χ0) is 13.5. The minimum atomic E-state index is -0.168. The minimum Gasteiger partial charge on any atom is -0.356 e. The smallest absolute Gasteiger partial charge is 0.164 e. The molecule has 0 aromatic heterocycles. The van der Waals surface area contributed by atoms with Crippen molar-refractivity contribution in [2.45, 2.75) is 64.1 Å². The number of carbonyl (C=O) groups excluding carboxylic acids is 1. The molecule has 0 amide bonds. The fraction of sp³-hybridized carbons (Fsp3) is 0.588. The molecule has 2 rings (SSSR count). The average molecular weight is 260 g/mol. The number of hydrogen-bond donors (Lipinski definition) is 0. The molecule has 0 spiro atoms. The van der Waals surface area contributed by atoms with Gasteiger partial charge in [0.1, 0.15) is 12.2 Å². The lowest BCUT2D eigenvalue weighted by molar-refractivity contribution is -0.120. The normalized spacial score (nSPS) is 21.3. The zero-order valence-corrected chi connectivity index (χ0v) is 11.8. The molecule has 1 heterocycles. The van der Waals surface area contributed by atoms with Crippen molar-refractivity contribution < 1.29 is 9.53 Å². The van der Waals surface area contributed by atoms with Crippen LogP contribution in [-0.2, 0) is 9.53 Å². The molecule has 1 fully saturated rings. The third-order valence-electron chi connectivity index (χ3n) is 3.71. The molecule has 0 N–H and O–H groups in total. The van der Waals surface area contributed by atoms with Crippen LogP contribution in [0.2, 0.25) is 0 Å². The van der Waals surface area contributed by atoms with Gasteiger partial charge in [0.05, 0.1) is 0 Å². The molecular weight excluding hydrogens is 236 g/mol. The fourth-order valence-corrected chi connectivity index (χ4v) is 2.48. The molecule has 19 heavy (non-hydrogen) atoms. The highest BCUT2D eigenvalue weighted by Crippen LogP contribution is 2.39. The second kappa shape index (κ2) is 7.44. The third-order valence-corrected chi connectivity index (χ3v) is 3.71. The Morgan fingerprint density at radius 2 is 1.74 bits per heavy atom. The number of unbranched alkanes of at least 4 members (excludes halogenated alkanes) is 5. The topological polar surface area (TPSA) is 29.6 Å². The summed E-state index contributed by atoms with van der Waals surface area (Å²) in [5, 5.41) is 0. The lowest BCUT2D eigenvalue weighted by Crippen LogP contribution is -2.07. The van der Waals surface area contributed by atoms with Crippen molar-refractivity contribution in [1.29, 1.82) is 0 Å². The van der Waals surface area contributed by atoms with Gasteiger partial charge in [-0.2, -0.15) is 0 Å². The Labute approximate surface area is 116 Å². The number of rotatable bonds is 9. The summed E-state index contributed by atoms with van der Waals surface area (Å²) in [7, 11) is 0. The Bertz CT molecular complexity index is 386. The Balaban J connectivity index is 1.61. The molecule has 104 valence electrons. The van der Waals surface area contributed by atoms with Crippen LogP contribution in [0.15, 0.2) is 30.3 Å². The van der Waals surface area contributed by atoms with Crippen LogP contribution in [0, 0.1) is 0 Å². The van der Waals surface area contributed by atoms with Crippen molar-refractivity contribution in [3.05, 3.63) is 35.9 Å². The maximum absolute atomic E-state index is 12.0. The summed E-state index contributed by atoms with van der Waals surface area (Å²) >= 11 is 0. The molecule has 0 radical (unpaired) electrons. The first-order valence-corrected chi connectivity index (χ1v) is 7.56. The van der Waals surface area contributed by atoms with E-state index in [0.29, 0.717) is 6.42 Å². The number of Topliss-reactive ketones (excluding diaryl/α,β-unsaturated/α-hetero) is 1. The first-order valence-electron chi connectivity index (χ1n) is 7.56. The van der Waals surface area contributed by atoms with E-state index in [2.05, 4.69) is 6.92 Å². The van der Waals surface area contributed by atoms with Crippen molar-refractivity contribution in [3.63, 3.8) is 0 Å². The summed E-state index contributed by atoms with van der Waals surface area (Å²) in [6.45, 7) is 2.22. The van der Waals surface area contributed by atoms with Crippen molar-refractivity contribution in [3.8, 4) is 0 Å². The van der Waals surface area contributed by atoms with E-state index in [-0.39, 0.29) is 18.0 Å². The van der Waals surface area contributed by atoms with Gasteiger partial charge >= 0.3 is 0 Å². The van der Waals surface area contributed by atoms with Crippen LogP contribution in [0.25, 0.3) is 0 Å². The molecule has 2 atom stereocenters. The van der Waals surface area contributed by atoms with Crippen LogP contribution in [0.5, 0.6) is 0 Å². The third kappa shape index (κ3) is 4.46. The molecule has 0 aliphatic carbocycles. The van der Waals surface area contributed by atoms with Crippen molar-refractivity contribution in [2.24, 2.45) is 0 Å². The molecule has 0 unspecified atom stereocenters. The fourth-order valence-electron chi connectivity index (χ4n) is 2.48. The largest absolute Gasteiger partial charge is 0.356 e. The highest BCUT2D eigenvalue weighted by Gasteiger charge is 2.44. The van der Waals surface area contributed by atoms with E-state index in [1.165, 1.54) is 32.1 Å². The van der Waals surface area contributed by atoms with Crippen molar-refractivity contribution >= 4 is 5.78 Å². The van der Waals surface area contributed by atoms with Crippen molar-refractivity contribution in [1.82, 2.24) is 0 Å². The van der Waals surface area contributed by atoms with Crippen LogP contribution in [0.4, 0.5) is 0 Å².